The van der Waals surface area contributed by atoms with Crippen LogP contribution in [-0.2, 0) is 0 Å². The summed E-state index contributed by atoms with van der Waals surface area (Å²) in [6.07, 6.45) is 2.87. The molecule has 1 unspecified atom stereocenters. The molecule has 1 aliphatic rings. The fraction of sp³-hybridized carbons (Fsp3) is 0.625. The van der Waals surface area contributed by atoms with Crippen molar-refractivity contribution in [2.45, 2.75) is 51.1 Å². The number of halogens is 2. The molecule has 0 radical (unpaired) electrons. The molecule has 3 N–H and O–H groups in total. The molecule has 2 nitrogen and oxygen atoms in total. The van der Waals surface area contributed by atoms with Crippen molar-refractivity contribution in [3.63, 3.8) is 0 Å². The van der Waals surface area contributed by atoms with Crippen LogP contribution >= 0.6 is 0 Å². The summed E-state index contributed by atoms with van der Waals surface area (Å²) in [6.45, 7) is 0.396. The maximum atomic E-state index is 12.8. The molecule has 4 heteroatoms. The van der Waals surface area contributed by atoms with Gasteiger partial charge < -0.3 is 10.8 Å². The Morgan fingerprint density at radius 3 is 2.25 bits per heavy atom. The van der Waals surface area contributed by atoms with E-state index in [1.807, 2.05) is 0 Å². The van der Waals surface area contributed by atoms with E-state index in [9.17, 15) is 13.9 Å². The maximum Gasteiger partial charge on any atom is 0.263 e. The van der Waals surface area contributed by atoms with Crippen LogP contribution in [0.4, 0.5) is 8.78 Å². The fourth-order valence-electron chi connectivity index (χ4n) is 3.24. The summed E-state index contributed by atoms with van der Waals surface area (Å²) in [6, 6.07) is 6.11. The van der Waals surface area contributed by atoms with Crippen molar-refractivity contribution >= 4 is 0 Å². The van der Waals surface area contributed by atoms with Gasteiger partial charge in [0.2, 0.25) is 0 Å². The van der Waals surface area contributed by atoms with Gasteiger partial charge in [-0.1, -0.05) is 43.9 Å². The van der Waals surface area contributed by atoms with E-state index >= 15 is 0 Å². The zero-order chi connectivity index (χ0) is 14.6. The van der Waals surface area contributed by atoms with Gasteiger partial charge in [-0.2, -0.15) is 0 Å². The van der Waals surface area contributed by atoms with Gasteiger partial charge in [-0.05, 0) is 24.5 Å². The van der Waals surface area contributed by atoms with Gasteiger partial charge in [0, 0.05) is 17.5 Å². The molecule has 2 rings (SSSR count). The van der Waals surface area contributed by atoms with Crippen LogP contribution in [0.5, 0.6) is 0 Å². The van der Waals surface area contributed by atoms with Crippen LogP contribution in [-0.4, -0.2) is 11.7 Å². The van der Waals surface area contributed by atoms with Crippen molar-refractivity contribution in [2.24, 2.45) is 11.1 Å². The zero-order valence-electron chi connectivity index (χ0n) is 11.7. The highest BCUT2D eigenvalue weighted by atomic mass is 19.3. The molecular formula is C16H23F2NO. The highest BCUT2D eigenvalue weighted by Gasteiger charge is 2.37. The third kappa shape index (κ3) is 3.18. The molecule has 0 bridgehead atoms. The van der Waals surface area contributed by atoms with Crippen LogP contribution in [0.15, 0.2) is 24.3 Å². The van der Waals surface area contributed by atoms with E-state index < -0.39 is 12.5 Å². The highest BCUT2D eigenvalue weighted by Crippen LogP contribution is 2.44. The van der Waals surface area contributed by atoms with Crippen molar-refractivity contribution in [3.8, 4) is 0 Å². The molecule has 0 heterocycles. The zero-order valence-corrected chi connectivity index (χ0v) is 11.7. The average molecular weight is 283 g/mol. The summed E-state index contributed by atoms with van der Waals surface area (Å²) < 4.78 is 25.6. The molecule has 0 amide bonds. The van der Waals surface area contributed by atoms with Crippen LogP contribution in [0.25, 0.3) is 0 Å². The summed E-state index contributed by atoms with van der Waals surface area (Å²) in [5.41, 5.74) is 6.10. The van der Waals surface area contributed by atoms with Gasteiger partial charge in [0.15, 0.2) is 0 Å². The van der Waals surface area contributed by atoms with E-state index in [0.29, 0.717) is 12.1 Å². The molecule has 1 aromatic carbocycles. The number of nitrogens with two attached hydrogens (primary N) is 1. The van der Waals surface area contributed by atoms with Crippen LogP contribution < -0.4 is 5.73 Å². The standard InChI is InChI=1S/C16H23F2NO/c17-15(18)13-7-5-6-12(10-13)14(20)16(11-19)8-3-1-2-4-9-16/h5-7,10,14-15,20H,1-4,8-9,11,19H2. The van der Waals surface area contributed by atoms with Crippen LogP contribution in [0.3, 0.4) is 0 Å². The van der Waals surface area contributed by atoms with E-state index in [2.05, 4.69) is 0 Å². The lowest BCUT2D eigenvalue weighted by molar-refractivity contribution is 0.0164. The van der Waals surface area contributed by atoms with Crippen molar-refractivity contribution in [3.05, 3.63) is 35.4 Å². The van der Waals surface area contributed by atoms with Crippen molar-refractivity contribution < 1.29 is 13.9 Å². The molecule has 0 aliphatic heterocycles. The van der Waals surface area contributed by atoms with Crippen LogP contribution in [0.1, 0.15) is 62.2 Å². The minimum absolute atomic E-state index is 0.0395. The lowest BCUT2D eigenvalue weighted by Crippen LogP contribution is -2.36. The summed E-state index contributed by atoms with van der Waals surface area (Å²) in [4.78, 5) is 0. The monoisotopic (exact) mass is 283 g/mol. The molecule has 1 saturated carbocycles. The number of hydrogen-bond donors (Lipinski definition) is 2. The van der Waals surface area contributed by atoms with Crippen molar-refractivity contribution in [1.29, 1.82) is 0 Å². The smallest absolute Gasteiger partial charge is 0.263 e. The number of rotatable bonds is 4. The van der Waals surface area contributed by atoms with Crippen molar-refractivity contribution in [2.75, 3.05) is 6.54 Å². The second-order valence-electron chi connectivity index (χ2n) is 5.85. The SMILES string of the molecule is NCC1(C(O)c2cccc(C(F)F)c2)CCCCCC1. The third-order valence-corrected chi connectivity index (χ3v) is 4.56. The second kappa shape index (κ2) is 6.64. The summed E-state index contributed by atoms with van der Waals surface area (Å²) in [7, 11) is 0. The van der Waals surface area contributed by atoms with Crippen LogP contribution in [0.2, 0.25) is 0 Å². The Balaban J connectivity index is 2.27. The lowest BCUT2D eigenvalue weighted by Gasteiger charge is -2.36. The maximum absolute atomic E-state index is 12.8. The number of aliphatic hydroxyl groups is 1. The largest absolute Gasteiger partial charge is 0.388 e. The van der Waals surface area contributed by atoms with Gasteiger partial charge in [0.1, 0.15) is 0 Å². The minimum Gasteiger partial charge on any atom is -0.388 e. The molecule has 1 aliphatic carbocycles. The molecule has 0 aromatic heterocycles. The van der Waals surface area contributed by atoms with Gasteiger partial charge in [0.25, 0.3) is 6.43 Å². The first kappa shape index (κ1) is 15.4. The van der Waals surface area contributed by atoms with Gasteiger partial charge in [0.05, 0.1) is 6.10 Å². The van der Waals surface area contributed by atoms with E-state index in [-0.39, 0.29) is 11.0 Å². The quantitative estimate of drug-likeness (QED) is 0.822. The number of alkyl halides is 2. The number of hydrogen-bond acceptors (Lipinski definition) is 2. The van der Waals surface area contributed by atoms with E-state index in [4.69, 9.17) is 5.73 Å². The van der Waals surface area contributed by atoms with Crippen molar-refractivity contribution in [1.82, 2.24) is 0 Å². The second-order valence-corrected chi connectivity index (χ2v) is 5.85. The van der Waals surface area contributed by atoms with Crippen LogP contribution in [0, 0.1) is 5.41 Å². The molecule has 20 heavy (non-hydrogen) atoms. The van der Waals surface area contributed by atoms with Gasteiger partial charge >= 0.3 is 0 Å². The Bertz CT molecular complexity index is 428. The Hall–Kier alpha value is -1.00. The first-order valence-electron chi connectivity index (χ1n) is 7.35. The average Bonchev–Trinajstić information content (AvgIpc) is 2.73. The normalized spacial score (nSPS) is 20.6. The molecular weight excluding hydrogens is 260 g/mol. The number of benzene rings is 1. The van der Waals surface area contributed by atoms with E-state index in [1.54, 1.807) is 12.1 Å². The Labute approximate surface area is 119 Å². The number of aliphatic hydroxyl groups excluding tert-OH is 1. The molecule has 1 fully saturated rings. The predicted octanol–water partition coefficient (Wildman–Crippen LogP) is 3.96. The predicted molar refractivity (Wildman–Crippen MR) is 75.5 cm³/mol. The first-order chi connectivity index (χ1) is 9.59. The Morgan fingerprint density at radius 1 is 1.10 bits per heavy atom. The highest BCUT2D eigenvalue weighted by molar-refractivity contribution is 5.27. The Kier molecular flexibility index (Phi) is 5.11. The van der Waals surface area contributed by atoms with Gasteiger partial charge in [-0.3, -0.25) is 0 Å². The minimum atomic E-state index is -2.51. The molecule has 0 spiro atoms. The topological polar surface area (TPSA) is 46.2 Å². The summed E-state index contributed by atoms with van der Waals surface area (Å²) >= 11 is 0. The lowest BCUT2D eigenvalue weighted by atomic mass is 9.73. The molecule has 112 valence electrons. The van der Waals surface area contributed by atoms with Gasteiger partial charge in [-0.25, -0.2) is 8.78 Å². The molecule has 1 aromatic rings. The van der Waals surface area contributed by atoms with Gasteiger partial charge in [-0.15, -0.1) is 0 Å². The molecule has 0 saturated heterocycles. The summed E-state index contributed by atoms with van der Waals surface area (Å²) in [5, 5.41) is 10.7. The Morgan fingerprint density at radius 2 is 1.70 bits per heavy atom. The third-order valence-electron chi connectivity index (χ3n) is 4.56. The van der Waals surface area contributed by atoms with E-state index in [0.717, 1.165) is 38.5 Å². The first-order valence-corrected chi connectivity index (χ1v) is 7.35. The fourth-order valence-corrected chi connectivity index (χ4v) is 3.24. The van der Waals surface area contributed by atoms with E-state index in [1.165, 1.54) is 12.1 Å². The molecule has 1 atom stereocenters. The summed E-state index contributed by atoms with van der Waals surface area (Å²) in [5.74, 6) is 0.